The van der Waals surface area contributed by atoms with Gasteiger partial charge in [0.05, 0.1) is 13.0 Å². The second-order valence-electron chi connectivity index (χ2n) is 5.90. The Morgan fingerprint density at radius 2 is 2.29 bits per heavy atom. The van der Waals surface area contributed by atoms with Crippen molar-refractivity contribution >= 4 is 5.91 Å². The number of ether oxygens (including phenoxy) is 1. The minimum absolute atomic E-state index is 0.0134. The van der Waals surface area contributed by atoms with E-state index in [1.54, 1.807) is 14.0 Å². The van der Waals surface area contributed by atoms with Crippen LogP contribution < -0.4 is 15.4 Å². The number of carbonyl (C=O) groups excluding carboxylic acids is 1. The van der Waals surface area contributed by atoms with E-state index in [0.717, 1.165) is 24.9 Å². The lowest BCUT2D eigenvalue weighted by Gasteiger charge is -2.25. The molecule has 2 N–H and O–H groups in total. The highest BCUT2D eigenvalue weighted by atomic mass is 16.5. The zero-order valence-electron chi connectivity index (χ0n) is 13.9. The molecule has 128 valence electrons. The number of carbonyl (C=O) groups is 1. The fourth-order valence-electron chi connectivity index (χ4n) is 2.95. The molecule has 1 amide bonds. The topological polar surface area (TPSA) is 89.3 Å². The van der Waals surface area contributed by atoms with Crippen LogP contribution in [-0.2, 0) is 4.79 Å². The summed E-state index contributed by atoms with van der Waals surface area (Å²) in [7, 11) is 1.60. The number of aromatic nitrogens is 2. The standard InChI is InChI=1S/C17H22N4O3/c1-11-19-16(21-24-11)15(13-7-3-4-8-14(13)23-2)20-17(22)12-6-5-9-18-10-12/h3-4,7-8,12,15,18H,5-6,9-10H2,1-2H3,(H,20,22). The highest BCUT2D eigenvalue weighted by Gasteiger charge is 2.28. The van der Waals surface area contributed by atoms with Crippen molar-refractivity contribution in [1.82, 2.24) is 20.8 Å². The number of hydrogen-bond acceptors (Lipinski definition) is 6. The first-order valence-electron chi connectivity index (χ1n) is 8.13. The average molecular weight is 330 g/mol. The number of nitrogens with zero attached hydrogens (tertiary/aromatic N) is 2. The van der Waals surface area contributed by atoms with E-state index in [-0.39, 0.29) is 11.8 Å². The molecule has 0 spiro atoms. The van der Waals surface area contributed by atoms with Gasteiger partial charge in [-0.25, -0.2) is 0 Å². The van der Waals surface area contributed by atoms with Crippen molar-refractivity contribution in [1.29, 1.82) is 0 Å². The van der Waals surface area contributed by atoms with Crippen molar-refractivity contribution in [3.05, 3.63) is 41.5 Å². The van der Waals surface area contributed by atoms with E-state index in [4.69, 9.17) is 9.26 Å². The molecule has 1 aliphatic rings. The van der Waals surface area contributed by atoms with Crippen LogP contribution in [0, 0.1) is 12.8 Å². The zero-order valence-corrected chi connectivity index (χ0v) is 13.9. The van der Waals surface area contributed by atoms with Crippen LogP contribution >= 0.6 is 0 Å². The third kappa shape index (κ3) is 3.56. The first-order chi connectivity index (χ1) is 11.7. The molecule has 2 atom stereocenters. The number of benzene rings is 1. The van der Waals surface area contributed by atoms with Crippen LogP contribution in [0.25, 0.3) is 0 Å². The van der Waals surface area contributed by atoms with Crippen LogP contribution in [0.4, 0.5) is 0 Å². The fraction of sp³-hybridized carbons (Fsp3) is 0.471. The van der Waals surface area contributed by atoms with Gasteiger partial charge in [-0.1, -0.05) is 23.4 Å². The molecule has 24 heavy (non-hydrogen) atoms. The number of piperidine rings is 1. The minimum atomic E-state index is -0.506. The Balaban J connectivity index is 1.89. The Kier molecular flexibility index (Phi) is 5.10. The summed E-state index contributed by atoms with van der Waals surface area (Å²) in [5, 5.41) is 10.3. The van der Waals surface area contributed by atoms with Gasteiger partial charge in [0.1, 0.15) is 11.8 Å². The van der Waals surface area contributed by atoms with Crippen molar-refractivity contribution in [3.8, 4) is 5.75 Å². The van der Waals surface area contributed by atoms with Gasteiger partial charge in [0, 0.05) is 19.0 Å². The lowest BCUT2D eigenvalue weighted by atomic mass is 9.97. The van der Waals surface area contributed by atoms with Crippen molar-refractivity contribution in [3.63, 3.8) is 0 Å². The summed E-state index contributed by atoms with van der Waals surface area (Å²) >= 11 is 0. The number of nitrogens with one attached hydrogen (secondary N) is 2. The Hall–Kier alpha value is -2.41. The molecule has 7 heteroatoms. The summed E-state index contributed by atoms with van der Waals surface area (Å²) < 4.78 is 10.5. The Morgan fingerprint density at radius 3 is 2.96 bits per heavy atom. The van der Waals surface area contributed by atoms with Crippen LogP contribution in [0.1, 0.15) is 36.2 Å². The Labute approximate surface area is 140 Å². The summed E-state index contributed by atoms with van der Waals surface area (Å²) in [5.74, 6) is 1.49. The number of para-hydroxylation sites is 1. The lowest BCUT2D eigenvalue weighted by Crippen LogP contribution is -2.42. The molecule has 0 bridgehead atoms. The van der Waals surface area contributed by atoms with Gasteiger partial charge in [0.15, 0.2) is 5.82 Å². The first kappa shape index (κ1) is 16.4. The highest BCUT2D eigenvalue weighted by Crippen LogP contribution is 2.29. The maximum absolute atomic E-state index is 12.7. The zero-order chi connectivity index (χ0) is 16.9. The van der Waals surface area contributed by atoms with Crippen LogP contribution in [0.15, 0.2) is 28.8 Å². The summed E-state index contributed by atoms with van der Waals surface area (Å²) in [6.45, 7) is 3.38. The van der Waals surface area contributed by atoms with Gasteiger partial charge in [-0.3, -0.25) is 4.79 Å². The van der Waals surface area contributed by atoms with E-state index in [9.17, 15) is 4.79 Å². The van der Waals surface area contributed by atoms with Crippen LogP contribution in [0.3, 0.4) is 0 Å². The van der Waals surface area contributed by atoms with Crippen molar-refractivity contribution < 1.29 is 14.1 Å². The molecular formula is C17H22N4O3. The normalized spacial score (nSPS) is 18.8. The van der Waals surface area contributed by atoms with Gasteiger partial charge >= 0.3 is 0 Å². The van der Waals surface area contributed by atoms with E-state index in [0.29, 0.717) is 24.0 Å². The molecule has 2 unspecified atom stereocenters. The molecule has 0 radical (unpaired) electrons. The first-order valence-corrected chi connectivity index (χ1v) is 8.13. The second kappa shape index (κ2) is 7.44. The molecule has 1 aromatic heterocycles. The lowest BCUT2D eigenvalue weighted by molar-refractivity contribution is -0.126. The Morgan fingerprint density at radius 1 is 1.46 bits per heavy atom. The smallest absolute Gasteiger partial charge is 0.225 e. The molecule has 3 rings (SSSR count). The number of rotatable bonds is 5. The quantitative estimate of drug-likeness (QED) is 0.865. The molecule has 1 aromatic carbocycles. The molecule has 0 saturated carbocycles. The number of hydrogen-bond donors (Lipinski definition) is 2. The SMILES string of the molecule is COc1ccccc1C(NC(=O)C1CCCNC1)c1noc(C)n1. The second-order valence-corrected chi connectivity index (χ2v) is 5.90. The van der Waals surface area contributed by atoms with Gasteiger partial charge in [-0.05, 0) is 25.5 Å². The summed E-state index contributed by atoms with van der Waals surface area (Å²) in [6.07, 6.45) is 1.88. The molecule has 2 aromatic rings. The van der Waals surface area contributed by atoms with Crippen LogP contribution in [0.5, 0.6) is 5.75 Å². The average Bonchev–Trinajstić information content (AvgIpc) is 3.06. The van der Waals surface area contributed by atoms with Gasteiger partial charge in [-0.2, -0.15) is 4.98 Å². The van der Waals surface area contributed by atoms with E-state index in [1.807, 2.05) is 24.3 Å². The van der Waals surface area contributed by atoms with Gasteiger partial charge in [0.25, 0.3) is 0 Å². The predicted molar refractivity (Wildman–Crippen MR) is 87.6 cm³/mol. The van der Waals surface area contributed by atoms with E-state index in [2.05, 4.69) is 20.8 Å². The maximum Gasteiger partial charge on any atom is 0.225 e. The van der Waals surface area contributed by atoms with Crippen molar-refractivity contribution in [2.75, 3.05) is 20.2 Å². The highest BCUT2D eigenvalue weighted by molar-refractivity contribution is 5.80. The third-order valence-corrected chi connectivity index (χ3v) is 4.21. The van der Waals surface area contributed by atoms with E-state index in [1.165, 1.54) is 0 Å². The molecule has 2 heterocycles. The van der Waals surface area contributed by atoms with Gasteiger partial charge in [0.2, 0.25) is 11.8 Å². The van der Waals surface area contributed by atoms with E-state index < -0.39 is 6.04 Å². The summed E-state index contributed by atoms with van der Waals surface area (Å²) in [5.41, 5.74) is 0.804. The third-order valence-electron chi connectivity index (χ3n) is 4.21. The number of methoxy groups -OCH3 is 1. The molecular weight excluding hydrogens is 308 g/mol. The molecule has 7 nitrogen and oxygen atoms in total. The van der Waals surface area contributed by atoms with Crippen molar-refractivity contribution in [2.24, 2.45) is 5.92 Å². The predicted octanol–water partition coefficient (Wildman–Crippen LogP) is 1.59. The van der Waals surface area contributed by atoms with Crippen molar-refractivity contribution in [2.45, 2.75) is 25.8 Å². The Bertz CT molecular complexity index is 695. The van der Waals surface area contributed by atoms with Crippen LogP contribution in [-0.4, -0.2) is 36.2 Å². The van der Waals surface area contributed by atoms with Gasteiger partial charge in [-0.15, -0.1) is 0 Å². The largest absolute Gasteiger partial charge is 0.496 e. The van der Waals surface area contributed by atoms with Crippen LogP contribution in [0.2, 0.25) is 0 Å². The van der Waals surface area contributed by atoms with Gasteiger partial charge < -0.3 is 19.9 Å². The number of amides is 1. The molecule has 1 aliphatic heterocycles. The fourth-order valence-corrected chi connectivity index (χ4v) is 2.95. The molecule has 1 saturated heterocycles. The summed E-state index contributed by atoms with van der Waals surface area (Å²) in [4.78, 5) is 17.0. The monoisotopic (exact) mass is 330 g/mol. The minimum Gasteiger partial charge on any atom is -0.496 e. The summed E-state index contributed by atoms with van der Waals surface area (Å²) in [6, 6.07) is 7.02. The number of aryl methyl sites for hydroxylation is 1. The maximum atomic E-state index is 12.7. The molecule has 1 fully saturated rings. The molecule has 0 aliphatic carbocycles. The van der Waals surface area contributed by atoms with E-state index >= 15 is 0 Å².